The van der Waals surface area contributed by atoms with Gasteiger partial charge in [-0.05, 0) is 41.8 Å². The standard InChI is InChI=1S/C19H20N2O4/c1-3-19(17(22)20-18(23)21-19)12-25-16-10-6-14(7-11-16)13-4-8-15(24-2)9-5-13/h4-11H,3,12H2,1-2H3,(H2,20,21,22,23). The Labute approximate surface area is 146 Å². The molecule has 1 saturated heterocycles. The SMILES string of the molecule is CCC1(COc2ccc(-c3ccc(OC)cc3)cc2)NC(=O)NC1=O. The first-order chi connectivity index (χ1) is 12.1. The van der Waals surface area contributed by atoms with Gasteiger partial charge in [0.2, 0.25) is 0 Å². The predicted octanol–water partition coefficient (Wildman–Crippen LogP) is 2.73. The van der Waals surface area contributed by atoms with Crippen molar-refractivity contribution in [1.82, 2.24) is 10.6 Å². The molecule has 0 aromatic heterocycles. The number of imide groups is 1. The van der Waals surface area contributed by atoms with Crippen molar-refractivity contribution in [2.45, 2.75) is 18.9 Å². The van der Waals surface area contributed by atoms with Crippen LogP contribution in [0.4, 0.5) is 4.79 Å². The van der Waals surface area contributed by atoms with Crippen LogP contribution < -0.4 is 20.1 Å². The van der Waals surface area contributed by atoms with Crippen LogP contribution in [-0.4, -0.2) is 31.2 Å². The fourth-order valence-electron chi connectivity index (χ4n) is 2.71. The first-order valence-electron chi connectivity index (χ1n) is 8.07. The Balaban J connectivity index is 1.68. The highest BCUT2D eigenvalue weighted by Crippen LogP contribution is 2.25. The van der Waals surface area contributed by atoms with E-state index in [-0.39, 0.29) is 12.5 Å². The zero-order chi connectivity index (χ0) is 17.9. The largest absolute Gasteiger partial charge is 0.497 e. The van der Waals surface area contributed by atoms with E-state index in [2.05, 4.69) is 10.6 Å². The van der Waals surface area contributed by atoms with Gasteiger partial charge in [-0.3, -0.25) is 10.1 Å². The molecule has 1 heterocycles. The van der Waals surface area contributed by atoms with Crippen LogP contribution in [0, 0.1) is 0 Å². The molecule has 1 atom stereocenters. The number of nitrogens with one attached hydrogen (secondary N) is 2. The molecular weight excluding hydrogens is 320 g/mol. The van der Waals surface area contributed by atoms with Crippen LogP contribution >= 0.6 is 0 Å². The highest BCUT2D eigenvalue weighted by Gasteiger charge is 2.45. The molecular formula is C19H20N2O4. The van der Waals surface area contributed by atoms with E-state index in [9.17, 15) is 9.59 Å². The van der Waals surface area contributed by atoms with Gasteiger partial charge in [-0.2, -0.15) is 0 Å². The van der Waals surface area contributed by atoms with Crippen molar-refractivity contribution in [1.29, 1.82) is 0 Å². The van der Waals surface area contributed by atoms with Gasteiger partial charge in [-0.1, -0.05) is 31.2 Å². The van der Waals surface area contributed by atoms with Crippen LogP contribution in [0.5, 0.6) is 11.5 Å². The van der Waals surface area contributed by atoms with Gasteiger partial charge >= 0.3 is 6.03 Å². The average molecular weight is 340 g/mol. The van der Waals surface area contributed by atoms with Gasteiger partial charge in [0.25, 0.3) is 5.91 Å². The molecule has 2 aromatic carbocycles. The van der Waals surface area contributed by atoms with Gasteiger partial charge in [0.1, 0.15) is 18.1 Å². The van der Waals surface area contributed by atoms with E-state index in [1.165, 1.54) is 0 Å². The zero-order valence-electron chi connectivity index (χ0n) is 14.2. The smallest absolute Gasteiger partial charge is 0.322 e. The summed E-state index contributed by atoms with van der Waals surface area (Å²) in [5.41, 5.74) is 1.11. The molecule has 0 bridgehead atoms. The third-order valence-corrected chi connectivity index (χ3v) is 4.38. The van der Waals surface area contributed by atoms with E-state index in [0.29, 0.717) is 12.2 Å². The molecule has 2 aromatic rings. The Morgan fingerprint density at radius 3 is 1.92 bits per heavy atom. The highest BCUT2D eigenvalue weighted by molar-refractivity contribution is 6.07. The molecule has 6 nitrogen and oxygen atoms in total. The maximum absolute atomic E-state index is 12.0. The number of benzene rings is 2. The summed E-state index contributed by atoms with van der Waals surface area (Å²) in [7, 11) is 1.64. The molecule has 0 spiro atoms. The van der Waals surface area contributed by atoms with Crippen molar-refractivity contribution in [2.75, 3.05) is 13.7 Å². The number of carbonyl (C=O) groups excluding carboxylic acids is 2. The minimum absolute atomic E-state index is 0.0863. The maximum atomic E-state index is 12.0. The third-order valence-electron chi connectivity index (χ3n) is 4.38. The lowest BCUT2D eigenvalue weighted by molar-refractivity contribution is -0.125. The molecule has 1 aliphatic heterocycles. The van der Waals surface area contributed by atoms with Crippen LogP contribution in [0.2, 0.25) is 0 Å². The molecule has 0 aliphatic carbocycles. The van der Waals surface area contributed by atoms with Crippen molar-refractivity contribution >= 4 is 11.9 Å². The maximum Gasteiger partial charge on any atom is 0.322 e. The molecule has 1 unspecified atom stereocenters. The number of ether oxygens (including phenoxy) is 2. The normalized spacial score (nSPS) is 19.3. The lowest BCUT2D eigenvalue weighted by Crippen LogP contribution is -2.51. The van der Waals surface area contributed by atoms with Gasteiger partial charge in [-0.25, -0.2) is 4.79 Å². The van der Waals surface area contributed by atoms with E-state index < -0.39 is 11.6 Å². The van der Waals surface area contributed by atoms with Gasteiger partial charge in [0, 0.05) is 0 Å². The van der Waals surface area contributed by atoms with Crippen molar-refractivity contribution in [3.63, 3.8) is 0 Å². The molecule has 130 valence electrons. The summed E-state index contributed by atoms with van der Waals surface area (Å²) in [6.07, 6.45) is 0.453. The summed E-state index contributed by atoms with van der Waals surface area (Å²) in [4.78, 5) is 23.3. The number of amides is 3. The molecule has 2 N–H and O–H groups in total. The second-order valence-electron chi connectivity index (χ2n) is 5.89. The molecule has 3 amide bonds. The van der Waals surface area contributed by atoms with E-state index in [4.69, 9.17) is 9.47 Å². The monoisotopic (exact) mass is 340 g/mol. The molecule has 25 heavy (non-hydrogen) atoms. The summed E-state index contributed by atoms with van der Waals surface area (Å²) < 4.78 is 10.9. The number of carbonyl (C=O) groups is 2. The Morgan fingerprint density at radius 1 is 0.920 bits per heavy atom. The number of hydrogen-bond acceptors (Lipinski definition) is 4. The summed E-state index contributed by atoms with van der Waals surface area (Å²) >= 11 is 0. The predicted molar refractivity (Wildman–Crippen MR) is 93.6 cm³/mol. The summed E-state index contributed by atoms with van der Waals surface area (Å²) in [5, 5.41) is 4.90. The van der Waals surface area contributed by atoms with Crippen LogP contribution in [0.15, 0.2) is 48.5 Å². The molecule has 0 saturated carbocycles. The van der Waals surface area contributed by atoms with Crippen LogP contribution in [0.3, 0.4) is 0 Å². The third kappa shape index (κ3) is 3.42. The van der Waals surface area contributed by atoms with Gasteiger partial charge in [0.05, 0.1) is 7.11 Å². The molecule has 0 radical (unpaired) electrons. The Hall–Kier alpha value is -3.02. The lowest BCUT2D eigenvalue weighted by Gasteiger charge is -2.24. The zero-order valence-corrected chi connectivity index (χ0v) is 14.2. The van der Waals surface area contributed by atoms with Crippen molar-refractivity contribution in [2.24, 2.45) is 0 Å². The second-order valence-corrected chi connectivity index (χ2v) is 5.89. The molecule has 1 fully saturated rings. The quantitative estimate of drug-likeness (QED) is 0.793. The Bertz CT molecular complexity index is 771. The van der Waals surface area contributed by atoms with Crippen molar-refractivity contribution in [3.8, 4) is 22.6 Å². The lowest BCUT2D eigenvalue weighted by atomic mass is 9.98. The van der Waals surface area contributed by atoms with Crippen LogP contribution in [-0.2, 0) is 4.79 Å². The number of methoxy groups -OCH3 is 1. The van der Waals surface area contributed by atoms with Crippen molar-refractivity contribution in [3.05, 3.63) is 48.5 Å². The number of urea groups is 1. The van der Waals surface area contributed by atoms with Gasteiger partial charge < -0.3 is 14.8 Å². The number of rotatable bonds is 6. The second kappa shape index (κ2) is 6.84. The van der Waals surface area contributed by atoms with E-state index >= 15 is 0 Å². The highest BCUT2D eigenvalue weighted by atomic mass is 16.5. The molecule has 3 rings (SSSR count). The Kier molecular flexibility index (Phi) is 4.61. The Morgan fingerprint density at radius 2 is 1.48 bits per heavy atom. The van der Waals surface area contributed by atoms with E-state index in [1.54, 1.807) is 7.11 Å². The van der Waals surface area contributed by atoms with Gasteiger partial charge in [0.15, 0.2) is 5.54 Å². The molecule has 1 aliphatic rings. The van der Waals surface area contributed by atoms with E-state index in [0.717, 1.165) is 16.9 Å². The number of hydrogen-bond donors (Lipinski definition) is 2. The van der Waals surface area contributed by atoms with E-state index in [1.807, 2.05) is 55.5 Å². The summed E-state index contributed by atoms with van der Waals surface area (Å²) in [6, 6.07) is 14.9. The van der Waals surface area contributed by atoms with Crippen molar-refractivity contribution < 1.29 is 19.1 Å². The fourth-order valence-corrected chi connectivity index (χ4v) is 2.71. The van der Waals surface area contributed by atoms with Crippen LogP contribution in [0.25, 0.3) is 11.1 Å². The average Bonchev–Trinajstić information content (AvgIpc) is 2.94. The minimum atomic E-state index is -1.01. The first-order valence-corrected chi connectivity index (χ1v) is 8.07. The first kappa shape index (κ1) is 16.8. The topological polar surface area (TPSA) is 76.7 Å². The van der Waals surface area contributed by atoms with Gasteiger partial charge in [-0.15, -0.1) is 0 Å². The molecule has 6 heteroatoms. The summed E-state index contributed by atoms with van der Waals surface area (Å²) in [5.74, 6) is 1.10. The minimum Gasteiger partial charge on any atom is -0.497 e. The van der Waals surface area contributed by atoms with Crippen LogP contribution in [0.1, 0.15) is 13.3 Å². The summed E-state index contributed by atoms with van der Waals surface area (Å²) in [6.45, 7) is 1.92. The fraction of sp³-hybridized carbons (Fsp3) is 0.263.